The third-order valence-electron chi connectivity index (χ3n) is 9.71. The maximum absolute atomic E-state index is 14.8. The molecule has 2 heterocycles. The molecule has 64 heavy (non-hydrogen) atoms. The van der Waals surface area contributed by atoms with Crippen molar-refractivity contribution in [1.29, 1.82) is 0 Å². The molecule has 0 saturated carbocycles. The van der Waals surface area contributed by atoms with Crippen molar-refractivity contribution in [2.75, 3.05) is 75.5 Å². The lowest BCUT2D eigenvalue weighted by atomic mass is 10.1. The van der Waals surface area contributed by atoms with Gasteiger partial charge < -0.3 is 30.3 Å². The molecule has 2 saturated heterocycles. The number of hydrogen-bond donors (Lipinski definition) is 2. The van der Waals surface area contributed by atoms with Crippen LogP contribution in [0, 0.1) is 23.3 Å². The highest BCUT2D eigenvalue weighted by atomic mass is 35.5. The number of halogens is 9. The van der Waals surface area contributed by atoms with E-state index in [1.54, 1.807) is 4.90 Å². The third-order valence-corrected chi connectivity index (χ3v) is 10.3. The fraction of sp³-hybridized carbons (Fsp3) is 0.310. The first-order chi connectivity index (χ1) is 30.4. The fourth-order valence-electron chi connectivity index (χ4n) is 6.21. The number of amides is 5. The summed E-state index contributed by atoms with van der Waals surface area (Å²) in [7, 11) is 0. The first-order valence-corrected chi connectivity index (χ1v) is 20.0. The summed E-state index contributed by atoms with van der Waals surface area (Å²) in [6.07, 6.45) is -5.16. The molecule has 4 aromatic rings. The van der Waals surface area contributed by atoms with Gasteiger partial charge in [-0.25, -0.2) is 27.2 Å². The summed E-state index contributed by atoms with van der Waals surface area (Å²) in [6, 6.07) is 13.7. The summed E-state index contributed by atoms with van der Waals surface area (Å²) in [5.74, 6) is -6.51. The number of nitrogens with one attached hydrogen (secondary N) is 1. The maximum atomic E-state index is 14.8. The van der Waals surface area contributed by atoms with Gasteiger partial charge in [-0.1, -0.05) is 47.5 Å². The Bertz CT molecular complexity index is 2370. The van der Waals surface area contributed by atoms with Crippen molar-refractivity contribution in [2.24, 2.45) is 5.73 Å². The molecule has 0 aromatic heterocycles. The van der Waals surface area contributed by atoms with Gasteiger partial charge in [0.05, 0.1) is 62.7 Å². The Kier molecular flexibility index (Phi) is 17.1. The number of anilines is 2. The molecule has 22 heteroatoms. The summed E-state index contributed by atoms with van der Waals surface area (Å²) < 4.78 is 104. The predicted octanol–water partition coefficient (Wildman–Crippen LogP) is 7.16. The van der Waals surface area contributed by atoms with Crippen LogP contribution in [0.15, 0.2) is 72.8 Å². The normalized spacial score (nSPS) is 14.0. The smallest absolute Gasteiger partial charge is 0.378 e. The van der Waals surface area contributed by atoms with Crippen LogP contribution in [0.4, 0.5) is 51.7 Å². The van der Waals surface area contributed by atoms with Crippen molar-refractivity contribution in [3.05, 3.63) is 128 Å². The van der Waals surface area contributed by atoms with Crippen LogP contribution >= 0.6 is 23.2 Å². The number of morpholine rings is 2. The predicted molar refractivity (Wildman–Crippen MR) is 220 cm³/mol. The number of benzene rings is 4. The molecule has 3 N–H and O–H groups in total. The molecule has 0 atom stereocenters. The Morgan fingerprint density at radius 1 is 0.609 bits per heavy atom. The largest absolute Gasteiger partial charge is 0.471 e. The molecule has 0 bridgehead atoms. The highest BCUT2D eigenvalue weighted by Crippen LogP contribution is 2.28. The molecular formula is C42H39Cl2F7N6O7. The zero-order valence-corrected chi connectivity index (χ0v) is 35.1. The van der Waals surface area contributed by atoms with E-state index in [1.165, 1.54) is 62.5 Å². The topological polar surface area (TPSA) is 155 Å². The fourth-order valence-corrected chi connectivity index (χ4v) is 6.56. The van der Waals surface area contributed by atoms with Gasteiger partial charge in [-0.2, -0.15) is 13.2 Å². The number of carbonyl (C=O) groups excluding carboxylic acids is 5. The number of urea groups is 2. The molecule has 0 unspecified atom stereocenters. The maximum Gasteiger partial charge on any atom is 0.471 e. The minimum atomic E-state index is -5.16. The zero-order valence-electron chi connectivity index (χ0n) is 33.5. The zero-order chi connectivity index (χ0) is 46.7. The van der Waals surface area contributed by atoms with E-state index in [2.05, 4.69) is 0 Å². The van der Waals surface area contributed by atoms with E-state index in [0.717, 1.165) is 30.3 Å². The molecule has 13 nitrogen and oxygen atoms in total. The van der Waals surface area contributed by atoms with Crippen LogP contribution in [0.2, 0.25) is 10.0 Å². The lowest BCUT2D eigenvalue weighted by molar-refractivity contribution is -0.173. The Morgan fingerprint density at radius 3 is 1.38 bits per heavy atom. The van der Waals surface area contributed by atoms with E-state index in [9.17, 15) is 54.7 Å². The van der Waals surface area contributed by atoms with Crippen molar-refractivity contribution >= 4 is 64.1 Å². The van der Waals surface area contributed by atoms with E-state index in [4.69, 9.17) is 38.4 Å². The highest BCUT2D eigenvalue weighted by molar-refractivity contribution is 6.31. The molecule has 0 spiro atoms. The molecule has 5 amide bonds. The van der Waals surface area contributed by atoms with Crippen LogP contribution in [-0.4, -0.2) is 111 Å². The van der Waals surface area contributed by atoms with Gasteiger partial charge in [0, 0.05) is 59.8 Å². The van der Waals surface area contributed by atoms with Gasteiger partial charge in [0.2, 0.25) is 0 Å². The molecule has 6 rings (SSSR count). The average Bonchev–Trinajstić information content (AvgIpc) is 3.29. The van der Waals surface area contributed by atoms with Gasteiger partial charge in [-0.15, -0.1) is 0 Å². The monoisotopic (exact) mass is 942 g/mol. The van der Waals surface area contributed by atoms with E-state index < -0.39 is 53.7 Å². The summed E-state index contributed by atoms with van der Waals surface area (Å²) in [6.45, 7) is 1.09. The van der Waals surface area contributed by atoms with Gasteiger partial charge in [-0.05, 0) is 48.5 Å². The summed E-state index contributed by atoms with van der Waals surface area (Å²) in [5.41, 5.74) is 5.89. The number of alkyl halides is 3. The summed E-state index contributed by atoms with van der Waals surface area (Å²) in [4.78, 5) is 66.4. The first kappa shape index (κ1) is 49.2. The van der Waals surface area contributed by atoms with Gasteiger partial charge >= 0.3 is 24.1 Å². The van der Waals surface area contributed by atoms with Crippen molar-refractivity contribution in [2.45, 2.75) is 19.3 Å². The second-order valence-electron chi connectivity index (χ2n) is 14.0. The minimum Gasteiger partial charge on any atom is -0.378 e. The van der Waals surface area contributed by atoms with Gasteiger partial charge in [-0.3, -0.25) is 24.2 Å². The molecule has 0 aliphatic carbocycles. The van der Waals surface area contributed by atoms with E-state index in [-0.39, 0.29) is 82.5 Å². The number of Topliss-reactive ketones (excluding diaryl/α,β-unsaturated/α-hetero) is 2. The average molecular weight is 944 g/mol. The lowest BCUT2D eigenvalue weighted by Crippen LogP contribution is -2.48. The van der Waals surface area contributed by atoms with Crippen LogP contribution in [0.1, 0.15) is 31.8 Å². The minimum absolute atomic E-state index is 0.0251. The second kappa shape index (κ2) is 22.2. The first-order valence-electron chi connectivity index (χ1n) is 19.2. The van der Waals surface area contributed by atoms with Crippen LogP contribution < -0.4 is 20.9 Å². The number of rotatable bonds is 11. The van der Waals surface area contributed by atoms with E-state index >= 15 is 0 Å². The quantitative estimate of drug-likeness (QED) is 0.119. The Labute approximate surface area is 371 Å². The van der Waals surface area contributed by atoms with Crippen LogP contribution in [0.3, 0.4) is 0 Å². The number of nitrogens with two attached hydrogens (primary N) is 1. The molecule has 2 aliphatic rings. The van der Waals surface area contributed by atoms with E-state index in [1.807, 2.05) is 0 Å². The number of nitrogens with zero attached hydrogens (tertiary/aromatic N) is 4. The van der Waals surface area contributed by atoms with E-state index in [0.29, 0.717) is 45.2 Å². The van der Waals surface area contributed by atoms with Crippen LogP contribution in [0.5, 0.6) is 0 Å². The van der Waals surface area contributed by atoms with Crippen molar-refractivity contribution in [3.8, 4) is 0 Å². The molecular weight excluding hydrogens is 904 g/mol. The Balaban J connectivity index is 0.000000245. The summed E-state index contributed by atoms with van der Waals surface area (Å²) in [5, 5.41) is 1.03. The SMILES string of the molecule is NCC(=O)c1ccc(CN(C(=O)N2CCOCC2)c2ccc(F)c(Cl)c2)c(F)c1.O=C(CNC(=O)C(F)(F)F)c1ccc(CN(C(=O)N2CCOCC2)c2ccc(F)c(Cl)c2)c(F)c1. The van der Waals surface area contributed by atoms with Gasteiger partial charge in [0.25, 0.3) is 0 Å². The highest BCUT2D eigenvalue weighted by Gasteiger charge is 2.38. The number of ketones is 2. The molecule has 4 aromatic carbocycles. The number of ether oxygens (including phenoxy) is 2. The molecule has 0 radical (unpaired) electrons. The van der Waals surface area contributed by atoms with Crippen molar-refractivity contribution in [1.82, 2.24) is 15.1 Å². The Hall–Kier alpha value is -5.80. The van der Waals surface area contributed by atoms with Gasteiger partial charge in [0.15, 0.2) is 11.6 Å². The van der Waals surface area contributed by atoms with Crippen LogP contribution in [0.25, 0.3) is 0 Å². The second-order valence-corrected chi connectivity index (χ2v) is 14.8. The van der Waals surface area contributed by atoms with Crippen molar-refractivity contribution < 1.29 is 64.2 Å². The molecule has 2 fully saturated rings. The van der Waals surface area contributed by atoms with Crippen LogP contribution in [-0.2, 0) is 27.4 Å². The standard InChI is InChI=1S/C22H19ClF5N3O4.C20H20ClF2N3O3/c23-16-10-15(3-4-17(16)24)31(21(34)30-5-7-35-8-6-30)12-14-2-1-13(9-18(14)25)19(32)11-29-20(33)22(26,27)28;21-16-10-15(3-4-17(16)22)26(20(28)25-5-7-29-8-6-25)12-14-2-1-13(9-18(14)23)19(27)11-24/h1-4,9-10H,5-8,11-12H2,(H,29,33);1-4,9-10H,5-8,11-12,24H2. The molecule has 2 aliphatic heterocycles. The Morgan fingerprint density at radius 2 is 1.02 bits per heavy atom. The number of carbonyl (C=O) groups is 5. The van der Waals surface area contributed by atoms with Crippen molar-refractivity contribution in [3.63, 3.8) is 0 Å². The molecule has 342 valence electrons. The third kappa shape index (κ3) is 12.9. The summed E-state index contributed by atoms with van der Waals surface area (Å²) >= 11 is 11.7. The lowest BCUT2D eigenvalue weighted by Gasteiger charge is -2.33. The van der Waals surface area contributed by atoms with Gasteiger partial charge in [0.1, 0.15) is 23.3 Å². The number of hydrogen-bond acceptors (Lipinski definition) is 8.